The van der Waals surface area contributed by atoms with Crippen molar-refractivity contribution in [2.75, 3.05) is 6.61 Å². The standard InChI is InChI=1S/C29H38O5S/c1-19-6-9-23(10-7-19)35(32,33)34-16-4-5-20-17-22(30)18-21-8-11-24-25-12-13-27(31)28(25,2)15-14-26(24)29(20,21)3/h6-10,20,24-26H,4-5,11-18H2,1-3H3/t20?,24-,25-,26-,28-,29-/m0/s1. The SMILES string of the molecule is Cc1ccc(S(=O)(=O)OCCCC2CC(=O)CC3=CC[C@H]4[C@@H]5CCC(=O)[C@@]5(C)CC[C@@H]4[C@]32C)cc1. The minimum atomic E-state index is -3.78. The summed E-state index contributed by atoms with van der Waals surface area (Å²) >= 11 is 0. The van der Waals surface area contributed by atoms with Crippen molar-refractivity contribution in [3.8, 4) is 0 Å². The maximum absolute atomic E-state index is 12.7. The van der Waals surface area contributed by atoms with Crippen molar-refractivity contribution in [1.29, 1.82) is 0 Å². The fraction of sp³-hybridized carbons (Fsp3) is 0.655. The lowest BCUT2D eigenvalue weighted by molar-refractivity contribution is -0.134. The molecule has 1 aromatic carbocycles. The third kappa shape index (κ3) is 4.15. The fourth-order valence-electron chi connectivity index (χ4n) is 8.14. The highest BCUT2D eigenvalue weighted by molar-refractivity contribution is 7.86. The molecule has 6 atom stereocenters. The Morgan fingerprint density at radius 2 is 1.80 bits per heavy atom. The number of hydrogen-bond donors (Lipinski definition) is 0. The van der Waals surface area contributed by atoms with Crippen molar-refractivity contribution < 1.29 is 22.2 Å². The minimum absolute atomic E-state index is 0.0559. The summed E-state index contributed by atoms with van der Waals surface area (Å²) in [6.45, 7) is 6.59. The van der Waals surface area contributed by atoms with Crippen molar-refractivity contribution in [2.45, 2.75) is 83.5 Å². The molecule has 4 aliphatic rings. The van der Waals surface area contributed by atoms with E-state index in [2.05, 4.69) is 19.9 Å². The summed E-state index contributed by atoms with van der Waals surface area (Å²) in [6, 6.07) is 6.70. The lowest BCUT2D eigenvalue weighted by Crippen LogP contribution is -2.53. The van der Waals surface area contributed by atoms with Crippen LogP contribution in [0.1, 0.15) is 77.2 Å². The van der Waals surface area contributed by atoms with Crippen molar-refractivity contribution >= 4 is 21.7 Å². The van der Waals surface area contributed by atoms with E-state index >= 15 is 0 Å². The molecule has 1 aromatic rings. The summed E-state index contributed by atoms with van der Waals surface area (Å²) in [4.78, 5) is 25.6. The normalized spacial score (nSPS) is 36.8. The molecule has 0 heterocycles. The molecular weight excluding hydrogens is 460 g/mol. The van der Waals surface area contributed by atoms with Crippen LogP contribution in [0.2, 0.25) is 0 Å². The molecule has 5 nitrogen and oxygen atoms in total. The van der Waals surface area contributed by atoms with E-state index in [4.69, 9.17) is 4.18 Å². The smallest absolute Gasteiger partial charge is 0.296 e. The van der Waals surface area contributed by atoms with E-state index in [1.165, 1.54) is 5.57 Å². The Morgan fingerprint density at radius 1 is 1.06 bits per heavy atom. The van der Waals surface area contributed by atoms with Gasteiger partial charge in [0.2, 0.25) is 0 Å². The van der Waals surface area contributed by atoms with E-state index in [-0.39, 0.29) is 28.3 Å². The van der Waals surface area contributed by atoms with E-state index in [9.17, 15) is 18.0 Å². The van der Waals surface area contributed by atoms with E-state index in [1.807, 2.05) is 6.92 Å². The van der Waals surface area contributed by atoms with E-state index in [1.54, 1.807) is 24.3 Å². The average molecular weight is 499 g/mol. The Kier molecular flexibility index (Phi) is 6.36. The molecule has 6 heteroatoms. The van der Waals surface area contributed by atoms with Crippen LogP contribution in [0.3, 0.4) is 0 Å². The van der Waals surface area contributed by atoms with Gasteiger partial charge in [0.15, 0.2) is 0 Å². The van der Waals surface area contributed by atoms with E-state index in [0.29, 0.717) is 55.0 Å². The number of Topliss-reactive ketones (excluding diaryl/α,β-unsaturated/α-hetero) is 2. The van der Waals surface area contributed by atoms with Crippen molar-refractivity contribution in [1.82, 2.24) is 0 Å². The molecule has 4 aliphatic carbocycles. The maximum Gasteiger partial charge on any atom is 0.296 e. The molecule has 0 bridgehead atoms. The zero-order chi connectivity index (χ0) is 25.0. The summed E-state index contributed by atoms with van der Waals surface area (Å²) in [5, 5.41) is 0. The predicted molar refractivity (Wildman–Crippen MR) is 134 cm³/mol. The molecule has 35 heavy (non-hydrogen) atoms. The van der Waals surface area contributed by atoms with Gasteiger partial charge in [-0.25, -0.2) is 0 Å². The highest BCUT2D eigenvalue weighted by atomic mass is 32.2. The van der Waals surface area contributed by atoms with Crippen molar-refractivity contribution in [2.24, 2.45) is 34.5 Å². The Morgan fingerprint density at radius 3 is 2.54 bits per heavy atom. The first-order valence-electron chi connectivity index (χ1n) is 13.3. The van der Waals surface area contributed by atoms with Crippen LogP contribution >= 0.6 is 0 Å². The second-order valence-corrected chi connectivity index (χ2v) is 13.5. The zero-order valence-corrected chi connectivity index (χ0v) is 22.0. The molecule has 190 valence electrons. The molecule has 0 saturated heterocycles. The number of allylic oxidation sites excluding steroid dienone is 2. The van der Waals surface area contributed by atoms with Gasteiger partial charge in [-0.15, -0.1) is 0 Å². The van der Waals surface area contributed by atoms with Crippen LogP contribution in [0.5, 0.6) is 0 Å². The Labute approximate surface area is 209 Å². The van der Waals surface area contributed by atoms with E-state index < -0.39 is 10.1 Å². The lowest BCUT2D eigenvalue weighted by Gasteiger charge is -2.58. The Bertz CT molecular complexity index is 1150. The van der Waals surface area contributed by atoms with Gasteiger partial charge >= 0.3 is 0 Å². The Hall–Kier alpha value is -1.79. The number of aryl methyl sites for hydroxylation is 1. The summed E-state index contributed by atoms with van der Waals surface area (Å²) < 4.78 is 30.5. The monoisotopic (exact) mass is 498 g/mol. The molecule has 5 rings (SSSR count). The van der Waals surface area contributed by atoms with Crippen LogP contribution < -0.4 is 0 Å². The summed E-state index contributed by atoms with van der Waals surface area (Å²) in [5.74, 6) is 2.37. The lowest BCUT2D eigenvalue weighted by atomic mass is 9.45. The molecule has 0 aromatic heterocycles. The van der Waals surface area contributed by atoms with Gasteiger partial charge < -0.3 is 0 Å². The first-order valence-corrected chi connectivity index (χ1v) is 14.7. The Balaban J connectivity index is 1.30. The van der Waals surface area contributed by atoms with Crippen LogP contribution in [-0.4, -0.2) is 26.6 Å². The number of benzene rings is 1. The number of hydrogen-bond acceptors (Lipinski definition) is 5. The summed E-state index contributed by atoms with van der Waals surface area (Å²) in [7, 11) is -3.78. The van der Waals surface area contributed by atoms with E-state index in [0.717, 1.165) is 37.7 Å². The topological polar surface area (TPSA) is 77.5 Å². The van der Waals surface area contributed by atoms with Gasteiger partial charge in [0.05, 0.1) is 11.5 Å². The quantitative estimate of drug-likeness (QED) is 0.281. The largest absolute Gasteiger partial charge is 0.299 e. The zero-order valence-electron chi connectivity index (χ0n) is 21.2. The first-order chi connectivity index (χ1) is 16.6. The van der Waals surface area contributed by atoms with Gasteiger partial charge in [-0.3, -0.25) is 13.8 Å². The van der Waals surface area contributed by atoms with Gasteiger partial charge in [-0.05, 0) is 86.7 Å². The molecule has 3 saturated carbocycles. The second-order valence-electron chi connectivity index (χ2n) is 11.9. The summed E-state index contributed by atoms with van der Waals surface area (Å²) in [6.07, 6.45) is 9.52. The molecule has 0 amide bonds. The number of carbonyl (C=O) groups excluding carboxylic acids is 2. The number of rotatable bonds is 6. The predicted octanol–water partition coefficient (Wildman–Crippen LogP) is 5.81. The number of carbonyl (C=O) groups is 2. The second kappa shape index (κ2) is 8.95. The van der Waals surface area contributed by atoms with Gasteiger partial charge in [0.1, 0.15) is 11.6 Å². The first kappa shape index (κ1) is 24.9. The molecular formula is C29H38O5S. The molecule has 0 spiro atoms. The van der Waals surface area contributed by atoms with Crippen LogP contribution in [0, 0.1) is 41.4 Å². The highest BCUT2D eigenvalue weighted by Gasteiger charge is 2.60. The van der Waals surface area contributed by atoms with Gasteiger partial charge in [-0.2, -0.15) is 8.42 Å². The molecule has 0 radical (unpaired) electrons. The average Bonchev–Trinajstić information content (AvgIpc) is 3.12. The van der Waals surface area contributed by atoms with Crippen molar-refractivity contribution in [3.63, 3.8) is 0 Å². The number of fused-ring (bicyclic) bond motifs is 5. The third-order valence-electron chi connectivity index (χ3n) is 10.2. The van der Waals surface area contributed by atoms with Gasteiger partial charge in [0.25, 0.3) is 10.1 Å². The van der Waals surface area contributed by atoms with Crippen LogP contribution in [0.4, 0.5) is 0 Å². The van der Waals surface area contributed by atoms with Crippen LogP contribution in [0.15, 0.2) is 40.8 Å². The minimum Gasteiger partial charge on any atom is -0.299 e. The van der Waals surface area contributed by atoms with Gasteiger partial charge in [0, 0.05) is 24.7 Å². The van der Waals surface area contributed by atoms with Crippen LogP contribution in [0.25, 0.3) is 0 Å². The molecule has 1 unspecified atom stereocenters. The van der Waals surface area contributed by atoms with Gasteiger partial charge in [-0.1, -0.05) is 43.2 Å². The van der Waals surface area contributed by atoms with Crippen LogP contribution in [-0.2, 0) is 23.9 Å². The molecule has 0 N–H and O–H groups in total. The fourth-order valence-corrected chi connectivity index (χ4v) is 9.08. The number of ketones is 2. The summed E-state index contributed by atoms with van der Waals surface area (Å²) in [5.41, 5.74) is 2.07. The maximum atomic E-state index is 12.7. The highest BCUT2D eigenvalue weighted by Crippen LogP contribution is 2.65. The van der Waals surface area contributed by atoms with Crippen molar-refractivity contribution in [3.05, 3.63) is 41.5 Å². The third-order valence-corrected chi connectivity index (χ3v) is 11.5. The molecule has 3 fully saturated rings. The molecule has 0 aliphatic heterocycles.